The Labute approximate surface area is 83.6 Å². The fraction of sp³-hybridized carbons (Fsp3) is 0.900. The van der Waals surface area contributed by atoms with E-state index in [-0.39, 0.29) is 11.1 Å². The molecule has 0 spiro atoms. The number of amides is 1. The predicted octanol–water partition coefficient (Wildman–Crippen LogP) is 1.75. The Bertz CT molecular complexity index is 227. The van der Waals surface area contributed by atoms with Gasteiger partial charge in [-0.2, -0.15) is 0 Å². The topological polar surface area (TPSA) is 58.6 Å². The minimum atomic E-state index is -0.892. The highest BCUT2D eigenvalue weighted by atomic mass is 16.5. The fourth-order valence-corrected chi connectivity index (χ4v) is 2.87. The summed E-state index contributed by atoms with van der Waals surface area (Å²) in [4.78, 5) is 10.7. The third-order valence-electron chi connectivity index (χ3n) is 3.98. The van der Waals surface area contributed by atoms with E-state index < -0.39 is 6.09 Å². The number of hydrogen-bond donors (Lipinski definition) is 2. The highest BCUT2D eigenvalue weighted by Gasteiger charge is 2.49. The van der Waals surface area contributed by atoms with E-state index in [4.69, 9.17) is 9.84 Å². The Kier molecular flexibility index (Phi) is 2.18. The van der Waals surface area contributed by atoms with Crippen LogP contribution in [0.3, 0.4) is 0 Å². The highest BCUT2D eigenvalue weighted by Crippen LogP contribution is 2.48. The van der Waals surface area contributed by atoms with Crippen LogP contribution in [0.5, 0.6) is 0 Å². The summed E-state index contributed by atoms with van der Waals surface area (Å²) in [6, 6.07) is 0. The summed E-state index contributed by atoms with van der Waals surface area (Å²) < 4.78 is 5.54. The summed E-state index contributed by atoms with van der Waals surface area (Å²) in [7, 11) is 1.77. The van der Waals surface area contributed by atoms with Gasteiger partial charge in [-0.25, -0.2) is 4.79 Å². The molecule has 2 N–H and O–H groups in total. The maximum atomic E-state index is 10.7. The number of carbonyl (C=O) groups is 1. The Morgan fingerprint density at radius 2 is 1.71 bits per heavy atom. The molecule has 0 unspecified atom stereocenters. The van der Waals surface area contributed by atoms with E-state index in [1.807, 2.05) is 0 Å². The summed E-state index contributed by atoms with van der Waals surface area (Å²) in [6.07, 6.45) is 4.85. The van der Waals surface area contributed by atoms with E-state index in [9.17, 15) is 4.79 Å². The van der Waals surface area contributed by atoms with Crippen LogP contribution < -0.4 is 5.32 Å². The van der Waals surface area contributed by atoms with Crippen LogP contribution in [-0.2, 0) is 4.74 Å². The predicted molar refractivity (Wildman–Crippen MR) is 51.3 cm³/mol. The second-order valence-corrected chi connectivity index (χ2v) is 4.60. The molecular formula is C10H17NO3. The molecule has 0 aromatic rings. The Hall–Kier alpha value is -0.770. The summed E-state index contributed by atoms with van der Waals surface area (Å²) in [6.45, 7) is 0. The molecule has 3 saturated carbocycles. The van der Waals surface area contributed by atoms with Gasteiger partial charge in [0, 0.05) is 12.6 Å². The zero-order chi connectivity index (χ0) is 10.2. The molecule has 2 bridgehead atoms. The van der Waals surface area contributed by atoms with Crippen LogP contribution in [-0.4, -0.2) is 29.4 Å². The van der Waals surface area contributed by atoms with Gasteiger partial charge in [0.05, 0.1) is 5.60 Å². The molecule has 0 heterocycles. The smallest absolute Gasteiger partial charge is 0.405 e. The molecule has 0 radical (unpaired) electrons. The van der Waals surface area contributed by atoms with Crippen molar-refractivity contribution in [2.75, 3.05) is 7.11 Å². The lowest BCUT2D eigenvalue weighted by Gasteiger charge is -2.52. The molecule has 80 valence electrons. The molecule has 4 nitrogen and oxygen atoms in total. The number of fused-ring (bicyclic) bond motifs is 3. The second kappa shape index (κ2) is 3.12. The van der Waals surface area contributed by atoms with Gasteiger partial charge in [-0.15, -0.1) is 0 Å². The van der Waals surface area contributed by atoms with Gasteiger partial charge in [-0.1, -0.05) is 0 Å². The van der Waals surface area contributed by atoms with Gasteiger partial charge < -0.3 is 15.2 Å². The minimum Gasteiger partial charge on any atom is -0.465 e. The summed E-state index contributed by atoms with van der Waals surface area (Å²) >= 11 is 0. The molecule has 14 heavy (non-hydrogen) atoms. The number of rotatable bonds is 2. The van der Waals surface area contributed by atoms with Gasteiger partial charge >= 0.3 is 6.09 Å². The molecule has 0 aromatic carbocycles. The normalized spacial score (nSPS) is 40.9. The van der Waals surface area contributed by atoms with Crippen molar-refractivity contribution in [2.24, 2.45) is 0 Å². The Morgan fingerprint density at radius 3 is 2.07 bits per heavy atom. The molecule has 3 rings (SSSR count). The lowest BCUT2D eigenvalue weighted by atomic mass is 9.63. The largest absolute Gasteiger partial charge is 0.465 e. The number of methoxy groups -OCH3 is 1. The highest BCUT2D eigenvalue weighted by molar-refractivity contribution is 5.65. The zero-order valence-electron chi connectivity index (χ0n) is 8.51. The first-order chi connectivity index (χ1) is 6.60. The van der Waals surface area contributed by atoms with Crippen molar-refractivity contribution < 1.29 is 14.6 Å². The van der Waals surface area contributed by atoms with E-state index in [1.54, 1.807) is 7.11 Å². The van der Waals surface area contributed by atoms with Crippen LogP contribution in [0.1, 0.15) is 38.5 Å². The molecule has 0 saturated heterocycles. The average Bonchev–Trinajstić information content (AvgIpc) is 2.19. The van der Waals surface area contributed by atoms with Gasteiger partial charge in [0.15, 0.2) is 0 Å². The molecule has 0 atom stereocenters. The molecule has 3 aliphatic carbocycles. The average molecular weight is 199 g/mol. The van der Waals surface area contributed by atoms with Crippen LogP contribution in [0, 0.1) is 0 Å². The molecular weight excluding hydrogens is 182 g/mol. The summed E-state index contributed by atoms with van der Waals surface area (Å²) in [5.74, 6) is 0. The quantitative estimate of drug-likeness (QED) is 0.712. The van der Waals surface area contributed by atoms with Crippen molar-refractivity contribution in [3.05, 3.63) is 0 Å². The van der Waals surface area contributed by atoms with Crippen molar-refractivity contribution in [1.29, 1.82) is 0 Å². The molecule has 3 fully saturated rings. The van der Waals surface area contributed by atoms with E-state index in [0.29, 0.717) is 0 Å². The van der Waals surface area contributed by atoms with Crippen molar-refractivity contribution in [3.63, 3.8) is 0 Å². The molecule has 0 aliphatic heterocycles. The lowest BCUT2D eigenvalue weighted by molar-refractivity contribution is -0.0986. The van der Waals surface area contributed by atoms with E-state index >= 15 is 0 Å². The van der Waals surface area contributed by atoms with Crippen LogP contribution >= 0.6 is 0 Å². The molecule has 0 aromatic heterocycles. The minimum absolute atomic E-state index is 0.0575. The van der Waals surface area contributed by atoms with E-state index in [0.717, 1.165) is 38.5 Å². The number of carboxylic acid groups (broad SMARTS) is 1. The first-order valence-electron chi connectivity index (χ1n) is 5.16. The number of nitrogens with one attached hydrogen (secondary N) is 1. The van der Waals surface area contributed by atoms with Crippen molar-refractivity contribution in [2.45, 2.75) is 49.7 Å². The first-order valence-corrected chi connectivity index (χ1v) is 5.16. The fourth-order valence-electron chi connectivity index (χ4n) is 2.87. The maximum absolute atomic E-state index is 10.7. The molecule has 3 aliphatic rings. The van der Waals surface area contributed by atoms with Crippen molar-refractivity contribution >= 4 is 6.09 Å². The third-order valence-corrected chi connectivity index (χ3v) is 3.98. The van der Waals surface area contributed by atoms with Gasteiger partial charge in [0.1, 0.15) is 0 Å². The van der Waals surface area contributed by atoms with Crippen LogP contribution in [0.2, 0.25) is 0 Å². The van der Waals surface area contributed by atoms with Gasteiger partial charge in [-0.05, 0) is 38.5 Å². The van der Waals surface area contributed by atoms with E-state index in [2.05, 4.69) is 5.32 Å². The number of ether oxygens (including phenoxy) is 1. The molecule has 4 heteroatoms. The summed E-state index contributed by atoms with van der Waals surface area (Å²) in [5, 5.41) is 11.4. The van der Waals surface area contributed by atoms with Crippen molar-refractivity contribution in [1.82, 2.24) is 5.32 Å². The standard InChI is InChI=1S/C10H17NO3/c1-14-10-5-2-9(3-6-10,4-7-10)11-8(12)13/h11H,2-7H2,1H3,(H,12,13). The van der Waals surface area contributed by atoms with Crippen LogP contribution in [0.4, 0.5) is 4.79 Å². The monoisotopic (exact) mass is 199 g/mol. The van der Waals surface area contributed by atoms with Gasteiger partial charge in [0.25, 0.3) is 0 Å². The number of hydrogen-bond acceptors (Lipinski definition) is 2. The lowest BCUT2D eigenvalue weighted by Crippen LogP contribution is -2.59. The van der Waals surface area contributed by atoms with Gasteiger partial charge in [-0.3, -0.25) is 0 Å². The molecule has 1 amide bonds. The van der Waals surface area contributed by atoms with Crippen molar-refractivity contribution in [3.8, 4) is 0 Å². The zero-order valence-corrected chi connectivity index (χ0v) is 8.51. The van der Waals surface area contributed by atoms with Gasteiger partial charge in [0.2, 0.25) is 0 Å². The third kappa shape index (κ3) is 1.47. The second-order valence-electron chi connectivity index (χ2n) is 4.60. The van der Waals surface area contributed by atoms with Crippen LogP contribution in [0.15, 0.2) is 0 Å². The van der Waals surface area contributed by atoms with E-state index in [1.165, 1.54) is 0 Å². The van der Waals surface area contributed by atoms with Crippen LogP contribution in [0.25, 0.3) is 0 Å². The Balaban J connectivity index is 2.05. The SMILES string of the molecule is COC12CCC(NC(=O)O)(CC1)CC2. The summed E-state index contributed by atoms with van der Waals surface area (Å²) in [5.41, 5.74) is -0.0892. The maximum Gasteiger partial charge on any atom is 0.405 e. The Morgan fingerprint density at radius 1 is 1.21 bits per heavy atom. The first kappa shape index (κ1) is 9.77.